The first kappa shape index (κ1) is 21.2. The highest BCUT2D eigenvalue weighted by atomic mass is 32.2. The lowest BCUT2D eigenvalue weighted by molar-refractivity contribution is -0.160. The van der Waals surface area contributed by atoms with Gasteiger partial charge in [-0.05, 0) is 25.0 Å². The van der Waals surface area contributed by atoms with Gasteiger partial charge in [-0.15, -0.1) is 11.8 Å². The predicted molar refractivity (Wildman–Crippen MR) is 115 cm³/mol. The number of aryl methyl sites for hydroxylation is 1. The molecule has 2 amide bonds. The molecule has 0 spiro atoms. The second-order valence-corrected chi connectivity index (χ2v) is 8.71. The van der Waals surface area contributed by atoms with Gasteiger partial charge in [0, 0.05) is 44.7 Å². The zero-order valence-corrected chi connectivity index (χ0v) is 18.2. The van der Waals surface area contributed by atoms with Crippen molar-refractivity contribution in [1.82, 2.24) is 9.80 Å². The number of methoxy groups -OCH3 is 2. The molecule has 0 N–H and O–H groups in total. The molecular formula is C22H28N2O5S. The maximum atomic E-state index is 13.3. The summed E-state index contributed by atoms with van der Waals surface area (Å²) < 4.78 is 16.6. The van der Waals surface area contributed by atoms with Crippen molar-refractivity contribution in [2.45, 2.75) is 44.1 Å². The van der Waals surface area contributed by atoms with E-state index in [-0.39, 0.29) is 17.9 Å². The first-order chi connectivity index (χ1) is 14.6. The van der Waals surface area contributed by atoms with Crippen molar-refractivity contribution in [3.63, 3.8) is 0 Å². The van der Waals surface area contributed by atoms with Crippen molar-refractivity contribution in [3.05, 3.63) is 36.1 Å². The number of benzene rings is 1. The Kier molecular flexibility index (Phi) is 6.65. The third kappa shape index (κ3) is 4.22. The number of ether oxygens (including phenoxy) is 2. The van der Waals surface area contributed by atoms with E-state index < -0.39 is 12.3 Å². The molecular weight excluding hydrogens is 404 g/mol. The molecule has 3 heterocycles. The number of amides is 2. The standard InChI is InChI=1S/C22H28N2O5S/c1-27-22(28-2)18-13-30-14-24(18)21(26)17-7-5-11-23(17)20(25)10-9-16-12-15-6-3-4-8-19(15)29-16/h3-4,6,8,12,17-18,22H,5,7,9-11,13-14H2,1-2H3/t17-,18-/m0/s1. The lowest BCUT2D eigenvalue weighted by Crippen LogP contribution is -2.53. The molecule has 2 aliphatic heterocycles. The van der Waals surface area contributed by atoms with Crippen LogP contribution in [-0.4, -0.2) is 72.4 Å². The van der Waals surface area contributed by atoms with Crippen LogP contribution in [0.25, 0.3) is 11.0 Å². The molecule has 0 bridgehead atoms. The fraction of sp³-hybridized carbons (Fsp3) is 0.545. The number of carbonyl (C=O) groups is 2. The third-order valence-electron chi connectivity index (χ3n) is 5.90. The molecule has 2 atom stereocenters. The largest absolute Gasteiger partial charge is 0.461 e. The average Bonchev–Trinajstić information content (AvgIpc) is 3.51. The number of hydrogen-bond donors (Lipinski definition) is 0. The lowest BCUT2D eigenvalue weighted by Gasteiger charge is -2.33. The van der Waals surface area contributed by atoms with E-state index in [4.69, 9.17) is 13.9 Å². The molecule has 30 heavy (non-hydrogen) atoms. The Hall–Kier alpha value is -2.03. The minimum atomic E-state index is -0.456. The molecule has 1 aromatic carbocycles. The monoisotopic (exact) mass is 432 g/mol. The van der Waals surface area contributed by atoms with Crippen molar-refractivity contribution >= 4 is 34.5 Å². The summed E-state index contributed by atoms with van der Waals surface area (Å²) in [5.41, 5.74) is 0.831. The van der Waals surface area contributed by atoms with Gasteiger partial charge in [0.05, 0.1) is 11.9 Å². The van der Waals surface area contributed by atoms with Gasteiger partial charge in [0.2, 0.25) is 11.8 Å². The van der Waals surface area contributed by atoms with Crippen LogP contribution in [-0.2, 0) is 25.5 Å². The number of fused-ring (bicyclic) bond motifs is 1. The number of thioether (sulfide) groups is 1. The van der Waals surface area contributed by atoms with E-state index in [1.54, 1.807) is 30.9 Å². The fourth-order valence-corrected chi connectivity index (χ4v) is 5.57. The first-order valence-corrected chi connectivity index (χ1v) is 11.5. The molecule has 162 valence electrons. The number of rotatable bonds is 7. The minimum Gasteiger partial charge on any atom is -0.461 e. The Morgan fingerprint density at radius 3 is 2.80 bits per heavy atom. The van der Waals surface area contributed by atoms with Crippen LogP contribution in [0.4, 0.5) is 0 Å². The Bertz CT molecular complexity index is 864. The minimum absolute atomic E-state index is 0.00122. The zero-order chi connectivity index (χ0) is 21.1. The highest BCUT2D eigenvalue weighted by Gasteiger charge is 2.42. The molecule has 8 heteroatoms. The molecule has 0 radical (unpaired) electrons. The van der Waals surface area contributed by atoms with Crippen molar-refractivity contribution < 1.29 is 23.5 Å². The van der Waals surface area contributed by atoms with Gasteiger partial charge in [-0.25, -0.2) is 0 Å². The van der Waals surface area contributed by atoms with E-state index in [1.807, 2.05) is 35.2 Å². The predicted octanol–water partition coefficient (Wildman–Crippen LogP) is 2.88. The Balaban J connectivity index is 1.39. The summed E-state index contributed by atoms with van der Waals surface area (Å²) in [5.74, 6) is 2.17. The summed E-state index contributed by atoms with van der Waals surface area (Å²) in [6.07, 6.45) is 1.95. The van der Waals surface area contributed by atoms with Crippen molar-refractivity contribution in [2.24, 2.45) is 0 Å². The maximum absolute atomic E-state index is 13.3. The van der Waals surface area contributed by atoms with E-state index in [0.717, 1.165) is 28.9 Å². The number of hydrogen-bond acceptors (Lipinski definition) is 6. The highest BCUT2D eigenvalue weighted by Crippen LogP contribution is 2.29. The summed E-state index contributed by atoms with van der Waals surface area (Å²) in [6, 6.07) is 9.27. The van der Waals surface area contributed by atoms with Gasteiger partial charge in [-0.1, -0.05) is 18.2 Å². The van der Waals surface area contributed by atoms with Gasteiger partial charge >= 0.3 is 0 Å². The Labute approximate surface area is 180 Å². The average molecular weight is 433 g/mol. The fourth-order valence-electron chi connectivity index (χ4n) is 4.37. The van der Waals surface area contributed by atoms with Crippen LogP contribution < -0.4 is 0 Å². The number of likely N-dealkylation sites (tertiary alicyclic amines) is 1. The van der Waals surface area contributed by atoms with Crippen molar-refractivity contribution in [3.8, 4) is 0 Å². The summed E-state index contributed by atoms with van der Waals surface area (Å²) in [4.78, 5) is 29.8. The van der Waals surface area contributed by atoms with Gasteiger partial charge in [-0.2, -0.15) is 0 Å². The highest BCUT2D eigenvalue weighted by molar-refractivity contribution is 7.99. The van der Waals surface area contributed by atoms with Crippen LogP contribution in [0.2, 0.25) is 0 Å². The van der Waals surface area contributed by atoms with Gasteiger partial charge in [0.25, 0.3) is 0 Å². The molecule has 2 fully saturated rings. The van der Waals surface area contributed by atoms with E-state index in [0.29, 0.717) is 31.7 Å². The van der Waals surface area contributed by atoms with Crippen LogP contribution in [0.5, 0.6) is 0 Å². The van der Waals surface area contributed by atoms with Gasteiger partial charge in [0.1, 0.15) is 17.4 Å². The summed E-state index contributed by atoms with van der Waals surface area (Å²) >= 11 is 1.68. The van der Waals surface area contributed by atoms with Crippen LogP contribution in [0.3, 0.4) is 0 Å². The summed E-state index contributed by atoms with van der Waals surface area (Å²) in [7, 11) is 3.17. The number of carbonyl (C=O) groups excluding carboxylic acids is 2. The van der Waals surface area contributed by atoms with Gasteiger partial charge in [-0.3, -0.25) is 9.59 Å². The molecule has 2 aliphatic rings. The Morgan fingerprint density at radius 2 is 2.03 bits per heavy atom. The number of para-hydroxylation sites is 1. The molecule has 0 saturated carbocycles. The SMILES string of the molecule is COC(OC)[C@@H]1CSCN1C(=O)[C@@H]1CCCN1C(=O)CCc1cc2ccccc2o1. The number of nitrogens with zero attached hydrogens (tertiary/aromatic N) is 2. The van der Waals surface area contributed by atoms with Crippen LogP contribution >= 0.6 is 11.8 Å². The van der Waals surface area contributed by atoms with Crippen LogP contribution in [0.15, 0.2) is 34.7 Å². The van der Waals surface area contributed by atoms with Crippen LogP contribution in [0.1, 0.15) is 25.0 Å². The van der Waals surface area contributed by atoms with E-state index in [2.05, 4.69) is 0 Å². The molecule has 2 saturated heterocycles. The number of furan rings is 1. The van der Waals surface area contributed by atoms with E-state index in [1.165, 1.54) is 0 Å². The van der Waals surface area contributed by atoms with E-state index in [9.17, 15) is 9.59 Å². The molecule has 4 rings (SSSR count). The topological polar surface area (TPSA) is 72.2 Å². The molecule has 7 nitrogen and oxygen atoms in total. The maximum Gasteiger partial charge on any atom is 0.246 e. The Morgan fingerprint density at radius 1 is 1.23 bits per heavy atom. The summed E-state index contributed by atoms with van der Waals surface area (Å²) in [5, 5.41) is 1.04. The molecule has 0 aliphatic carbocycles. The molecule has 2 aromatic rings. The van der Waals surface area contributed by atoms with Gasteiger partial charge in [0.15, 0.2) is 6.29 Å². The van der Waals surface area contributed by atoms with Crippen LogP contribution in [0, 0.1) is 0 Å². The zero-order valence-electron chi connectivity index (χ0n) is 17.4. The quantitative estimate of drug-likeness (QED) is 0.627. The first-order valence-electron chi connectivity index (χ1n) is 10.3. The normalized spacial score (nSPS) is 21.8. The molecule has 0 unspecified atom stereocenters. The lowest BCUT2D eigenvalue weighted by atomic mass is 10.1. The third-order valence-corrected chi connectivity index (χ3v) is 6.94. The smallest absolute Gasteiger partial charge is 0.246 e. The second kappa shape index (κ2) is 9.41. The second-order valence-electron chi connectivity index (χ2n) is 7.71. The summed E-state index contributed by atoms with van der Waals surface area (Å²) in [6.45, 7) is 0.624. The van der Waals surface area contributed by atoms with Crippen molar-refractivity contribution in [1.29, 1.82) is 0 Å². The van der Waals surface area contributed by atoms with E-state index >= 15 is 0 Å². The van der Waals surface area contributed by atoms with Gasteiger partial charge < -0.3 is 23.7 Å². The van der Waals surface area contributed by atoms with Crippen molar-refractivity contribution in [2.75, 3.05) is 32.4 Å². The molecule has 1 aromatic heterocycles.